The molecule has 1 N–H and O–H groups in total. The van der Waals surface area contributed by atoms with Crippen LogP contribution in [-0.4, -0.2) is 45.9 Å². The third-order valence-electron chi connectivity index (χ3n) is 4.94. The van der Waals surface area contributed by atoms with E-state index in [9.17, 15) is 14.0 Å². The van der Waals surface area contributed by atoms with Gasteiger partial charge in [0.2, 0.25) is 0 Å². The molecule has 0 radical (unpaired) electrons. The first-order chi connectivity index (χ1) is 13.8. The van der Waals surface area contributed by atoms with Gasteiger partial charge in [-0.1, -0.05) is 17.7 Å². The summed E-state index contributed by atoms with van der Waals surface area (Å²) in [5.74, 6) is -1.59. The Morgan fingerprint density at radius 3 is 2.69 bits per heavy atom. The number of rotatable bonds is 3. The molecular formula is C19H14ClF2N3O4. The van der Waals surface area contributed by atoms with Gasteiger partial charge >= 0.3 is 6.09 Å². The molecule has 3 aromatic rings. The summed E-state index contributed by atoms with van der Waals surface area (Å²) in [6.07, 6.45) is 0.0778. The number of nitrogens with zero attached hydrogens (tertiary/aromatic N) is 3. The summed E-state index contributed by atoms with van der Waals surface area (Å²) in [5.41, 5.74) is -1.23. The molecule has 2 aromatic carbocycles. The topological polar surface area (TPSA) is 84.7 Å². The first kappa shape index (κ1) is 19.1. The predicted molar refractivity (Wildman–Crippen MR) is 102 cm³/mol. The number of carbonyl (C=O) groups is 1. The number of aromatic nitrogens is 2. The summed E-state index contributed by atoms with van der Waals surface area (Å²) in [5, 5.41) is 8.68. The van der Waals surface area contributed by atoms with Crippen molar-refractivity contribution < 1.29 is 23.4 Å². The molecule has 4 rings (SSSR count). The van der Waals surface area contributed by atoms with Crippen molar-refractivity contribution in [3.8, 4) is 16.9 Å². The highest BCUT2D eigenvalue weighted by molar-refractivity contribution is 6.34. The van der Waals surface area contributed by atoms with Gasteiger partial charge < -0.3 is 14.7 Å². The second kappa shape index (κ2) is 7.00. The number of hydrogen-bond donors (Lipinski definition) is 1. The number of fused-ring (bicyclic) bond motifs is 1. The molecule has 0 bridgehead atoms. The monoisotopic (exact) mass is 421 g/mol. The molecule has 150 valence electrons. The van der Waals surface area contributed by atoms with E-state index >= 15 is 4.39 Å². The van der Waals surface area contributed by atoms with Crippen LogP contribution < -0.4 is 10.3 Å². The average molecular weight is 422 g/mol. The highest BCUT2D eigenvalue weighted by Crippen LogP contribution is 2.40. The molecule has 0 atom stereocenters. The number of amides is 1. The van der Waals surface area contributed by atoms with Crippen LogP contribution in [0.25, 0.3) is 22.0 Å². The minimum absolute atomic E-state index is 0.0807. The van der Waals surface area contributed by atoms with Crippen LogP contribution in [0.2, 0.25) is 5.02 Å². The Kier molecular flexibility index (Phi) is 4.62. The zero-order valence-electron chi connectivity index (χ0n) is 15.0. The van der Waals surface area contributed by atoms with Gasteiger partial charge in [0.05, 0.1) is 35.5 Å². The van der Waals surface area contributed by atoms with Gasteiger partial charge in [-0.15, -0.1) is 0 Å². The molecule has 1 saturated heterocycles. The van der Waals surface area contributed by atoms with Gasteiger partial charge in [0.1, 0.15) is 17.1 Å². The minimum Gasteiger partial charge on any atom is -0.496 e. The fraction of sp³-hybridized carbons (Fsp3) is 0.211. The lowest BCUT2D eigenvalue weighted by atomic mass is 10.0. The Hall–Kier alpha value is -3.20. The Morgan fingerprint density at radius 1 is 1.31 bits per heavy atom. The number of halogens is 3. The van der Waals surface area contributed by atoms with Gasteiger partial charge in [-0.2, -0.15) is 0 Å². The van der Waals surface area contributed by atoms with Crippen LogP contribution in [0.5, 0.6) is 5.75 Å². The average Bonchev–Trinajstić information content (AvgIpc) is 2.63. The van der Waals surface area contributed by atoms with Crippen LogP contribution in [0, 0.1) is 11.6 Å². The maximum absolute atomic E-state index is 15.3. The van der Waals surface area contributed by atoms with Gasteiger partial charge in [0.15, 0.2) is 5.82 Å². The van der Waals surface area contributed by atoms with Gasteiger partial charge in [0, 0.05) is 18.7 Å². The molecule has 0 saturated carbocycles. The van der Waals surface area contributed by atoms with E-state index in [1.807, 2.05) is 0 Å². The van der Waals surface area contributed by atoms with Gasteiger partial charge in [-0.25, -0.2) is 18.6 Å². The molecule has 1 aromatic heterocycles. The SMILES string of the molecule is COc1cccc(F)c1-c1c(Cl)cc2c(=O)n(C3CN(C(=O)O)C3)cnc2c1F. The molecule has 1 amide bonds. The fourth-order valence-electron chi connectivity index (χ4n) is 3.40. The summed E-state index contributed by atoms with van der Waals surface area (Å²) in [6, 6.07) is 4.87. The van der Waals surface area contributed by atoms with E-state index in [2.05, 4.69) is 4.98 Å². The van der Waals surface area contributed by atoms with E-state index in [-0.39, 0.29) is 45.9 Å². The smallest absolute Gasteiger partial charge is 0.407 e. The van der Waals surface area contributed by atoms with Crippen molar-refractivity contribution in [2.75, 3.05) is 20.2 Å². The third-order valence-corrected chi connectivity index (χ3v) is 5.24. The number of carboxylic acid groups (broad SMARTS) is 1. The Bertz CT molecular complexity index is 1210. The second-order valence-electron chi connectivity index (χ2n) is 6.56. The quantitative estimate of drug-likeness (QED) is 0.699. The van der Waals surface area contributed by atoms with Crippen molar-refractivity contribution in [2.45, 2.75) is 6.04 Å². The molecule has 1 aliphatic heterocycles. The van der Waals surface area contributed by atoms with E-state index in [1.165, 1.54) is 29.9 Å². The summed E-state index contributed by atoms with van der Waals surface area (Å²) in [6.45, 7) is 0.256. The van der Waals surface area contributed by atoms with Crippen LogP contribution in [0.3, 0.4) is 0 Å². The van der Waals surface area contributed by atoms with E-state index in [0.29, 0.717) is 0 Å². The lowest BCUT2D eigenvalue weighted by Crippen LogP contribution is -2.52. The Balaban J connectivity index is 1.87. The van der Waals surface area contributed by atoms with E-state index < -0.39 is 29.3 Å². The highest BCUT2D eigenvalue weighted by Gasteiger charge is 2.33. The van der Waals surface area contributed by atoms with E-state index in [4.69, 9.17) is 21.4 Å². The van der Waals surface area contributed by atoms with Crippen molar-refractivity contribution in [2.24, 2.45) is 0 Å². The lowest BCUT2D eigenvalue weighted by molar-refractivity contribution is 0.0842. The maximum Gasteiger partial charge on any atom is 0.407 e. The molecule has 29 heavy (non-hydrogen) atoms. The number of hydrogen-bond acceptors (Lipinski definition) is 4. The van der Waals surface area contributed by atoms with Gasteiger partial charge in [-0.3, -0.25) is 9.36 Å². The maximum atomic E-state index is 15.3. The van der Waals surface area contributed by atoms with E-state index in [0.717, 1.165) is 17.3 Å². The van der Waals surface area contributed by atoms with Crippen molar-refractivity contribution in [1.29, 1.82) is 0 Å². The predicted octanol–water partition coefficient (Wildman–Crippen LogP) is 3.54. The molecular weight excluding hydrogens is 408 g/mol. The fourth-order valence-corrected chi connectivity index (χ4v) is 3.69. The minimum atomic E-state index is -1.08. The van der Waals surface area contributed by atoms with Crippen molar-refractivity contribution in [3.63, 3.8) is 0 Å². The molecule has 7 nitrogen and oxygen atoms in total. The van der Waals surface area contributed by atoms with Crippen LogP contribution in [0.15, 0.2) is 35.4 Å². The molecule has 0 unspecified atom stereocenters. The third kappa shape index (κ3) is 2.98. The second-order valence-corrected chi connectivity index (χ2v) is 6.97. The Labute approximate surface area is 167 Å². The first-order valence-electron chi connectivity index (χ1n) is 8.53. The molecule has 0 spiro atoms. The molecule has 1 fully saturated rings. The van der Waals surface area contributed by atoms with Crippen molar-refractivity contribution in [1.82, 2.24) is 14.5 Å². The standard InChI is InChI=1S/C19H14ClF2N3O4/c1-29-13-4-2-3-12(21)15(13)14-11(20)5-10-17(16(14)22)23-8-25(18(10)26)9-6-24(7-9)19(27)28/h2-5,8-9H,6-7H2,1H3,(H,27,28). The number of ether oxygens (including phenoxy) is 1. The van der Waals surface area contributed by atoms with E-state index in [1.54, 1.807) is 0 Å². The molecule has 0 aliphatic carbocycles. The zero-order valence-corrected chi connectivity index (χ0v) is 15.8. The number of methoxy groups -OCH3 is 1. The van der Waals surface area contributed by atoms with Crippen molar-refractivity contribution >= 4 is 28.6 Å². The molecule has 10 heteroatoms. The largest absolute Gasteiger partial charge is 0.496 e. The number of likely N-dealkylation sites (tertiary alicyclic amines) is 1. The van der Waals surface area contributed by atoms with Crippen LogP contribution in [0.4, 0.5) is 13.6 Å². The zero-order chi connectivity index (χ0) is 20.9. The summed E-state index contributed by atoms with van der Waals surface area (Å²) in [7, 11) is 1.32. The van der Waals surface area contributed by atoms with Crippen LogP contribution in [-0.2, 0) is 0 Å². The summed E-state index contributed by atoms with van der Waals surface area (Å²) >= 11 is 6.24. The molecule has 2 heterocycles. The van der Waals surface area contributed by atoms with Crippen LogP contribution >= 0.6 is 11.6 Å². The summed E-state index contributed by atoms with van der Waals surface area (Å²) in [4.78, 5) is 28.9. The normalized spacial score (nSPS) is 14.1. The highest BCUT2D eigenvalue weighted by atomic mass is 35.5. The Morgan fingerprint density at radius 2 is 2.03 bits per heavy atom. The summed E-state index contributed by atoms with van der Waals surface area (Å²) < 4.78 is 36.1. The van der Waals surface area contributed by atoms with Crippen LogP contribution in [0.1, 0.15) is 6.04 Å². The van der Waals surface area contributed by atoms with Gasteiger partial charge in [0.25, 0.3) is 5.56 Å². The lowest BCUT2D eigenvalue weighted by Gasteiger charge is -2.37. The van der Waals surface area contributed by atoms with Gasteiger partial charge in [-0.05, 0) is 18.2 Å². The first-order valence-corrected chi connectivity index (χ1v) is 8.90. The molecule has 1 aliphatic rings. The van der Waals surface area contributed by atoms with Crippen molar-refractivity contribution in [3.05, 3.63) is 57.6 Å². The number of benzene rings is 2.